The first kappa shape index (κ1) is 15.9. The zero-order chi connectivity index (χ0) is 17.2. The highest BCUT2D eigenvalue weighted by molar-refractivity contribution is 7.10. The van der Waals surface area contributed by atoms with Crippen LogP contribution in [0.5, 0.6) is 5.75 Å². The highest BCUT2D eigenvalue weighted by Crippen LogP contribution is 2.35. The molecule has 2 aromatic heterocycles. The quantitative estimate of drug-likeness (QED) is 0.697. The van der Waals surface area contributed by atoms with Crippen molar-refractivity contribution in [3.05, 3.63) is 58.5 Å². The van der Waals surface area contributed by atoms with Crippen LogP contribution in [0.2, 0.25) is 0 Å². The molecule has 1 fully saturated rings. The maximum atomic E-state index is 12.9. The molecule has 128 valence electrons. The lowest BCUT2D eigenvalue weighted by Crippen LogP contribution is -2.29. The van der Waals surface area contributed by atoms with Crippen molar-refractivity contribution in [1.29, 1.82) is 0 Å². The van der Waals surface area contributed by atoms with Crippen molar-refractivity contribution in [1.82, 2.24) is 10.1 Å². The number of likely N-dealkylation sites (tertiary alicyclic amines) is 1. The molecule has 0 bridgehead atoms. The van der Waals surface area contributed by atoms with Gasteiger partial charge in [-0.25, -0.2) is 0 Å². The molecule has 0 saturated carbocycles. The molecule has 1 atom stereocenters. The van der Waals surface area contributed by atoms with E-state index >= 15 is 0 Å². The molecule has 0 unspecified atom stereocenters. The van der Waals surface area contributed by atoms with Gasteiger partial charge in [-0.15, -0.1) is 11.3 Å². The van der Waals surface area contributed by atoms with Crippen LogP contribution in [0, 0.1) is 0 Å². The summed E-state index contributed by atoms with van der Waals surface area (Å²) in [4.78, 5) is 16.0. The van der Waals surface area contributed by atoms with Crippen molar-refractivity contribution in [2.75, 3.05) is 13.7 Å². The van der Waals surface area contributed by atoms with Crippen molar-refractivity contribution in [3.63, 3.8) is 0 Å². The number of rotatable bonds is 4. The molecule has 3 aromatic rings. The fraction of sp³-hybridized carbons (Fsp3) is 0.263. The molecular formula is C19H18N2O3S. The third-order valence-corrected chi connectivity index (χ3v) is 5.45. The van der Waals surface area contributed by atoms with Crippen LogP contribution >= 0.6 is 11.3 Å². The normalized spacial score (nSPS) is 17.0. The van der Waals surface area contributed by atoms with E-state index in [0.717, 1.165) is 30.7 Å². The Balaban J connectivity index is 1.58. The molecule has 1 aromatic carbocycles. The van der Waals surface area contributed by atoms with Crippen molar-refractivity contribution in [2.45, 2.75) is 18.9 Å². The Hall–Kier alpha value is -2.60. The Morgan fingerprint density at radius 3 is 3.04 bits per heavy atom. The van der Waals surface area contributed by atoms with Crippen LogP contribution in [-0.4, -0.2) is 29.6 Å². The molecular weight excluding hydrogens is 336 g/mol. The second-order valence-corrected chi connectivity index (χ2v) is 6.96. The van der Waals surface area contributed by atoms with E-state index in [2.05, 4.69) is 11.2 Å². The molecule has 0 N–H and O–H groups in total. The summed E-state index contributed by atoms with van der Waals surface area (Å²) in [5.74, 6) is 0.921. The number of methoxy groups -OCH3 is 1. The van der Waals surface area contributed by atoms with Crippen LogP contribution in [0.15, 0.2) is 52.4 Å². The second kappa shape index (κ2) is 6.72. The van der Waals surface area contributed by atoms with Gasteiger partial charge in [-0.1, -0.05) is 23.4 Å². The molecule has 0 aliphatic carbocycles. The van der Waals surface area contributed by atoms with Gasteiger partial charge in [0.05, 0.1) is 13.2 Å². The van der Waals surface area contributed by atoms with Crippen LogP contribution in [0.1, 0.15) is 34.3 Å². The summed E-state index contributed by atoms with van der Waals surface area (Å²) in [5.41, 5.74) is 1.49. The zero-order valence-electron chi connectivity index (χ0n) is 13.8. The van der Waals surface area contributed by atoms with Gasteiger partial charge < -0.3 is 14.2 Å². The summed E-state index contributed by atoms with van der Waals surface area (Å²) in [6, 6.07) is 13.5. The Bertz CT molecular complexity index is 872. The summed E-state index contributed by atoms with van der Waals surface area (Å²) in [6.07, 6.45) is 1.99. The van der Waals surface area contributed by atoms with E-state index in [0.29, 0.717) is 5.69 Å². The summed E-state index contributed by atoms with van der Waals surface area (Å²) in [7, 11) is 1.62. The maximum absolute atomic E-state index is 12.9. The molecule has 25 heavy (non-hydrogen) atoms. The maximum Gasteiger partial charge on any atom is 0.293 e. The minimum absolute atomic E-state index is 0.0995. The Labute approximate surface area is 149 Å². The fourth-order valence-corrected chi connectivity index (χ4v) is 4.10. The third-order valence-electron chi connectivity index (χ3n) is 4.47. The van der Waals surface area contributed by atoms with Crippen molar-refractivity contribution < 1.29 is 14.1 Å². The number of hydrogen-bond acceptors (Lipinski definition) is 5. The van der Waals surface area contributed by atoms with E-state index in [9.17, 15) is 4.79 Å². The first-order chi connectivity index (χ1) is 12.3. The highest BCUT2D eigenvalue weighted by atomic mass is 32.1. The van der Waals surface area contributed by atoms with E-state index in [1.54, 1.807) is 24.5 Å². The van der Waals surface area contributed by atoms with Crippen LogP contribution in [0.25, 0.3) is 11.3 Å². The molecule has 1 aliphatic heterocycles. The number of benzene rings is 1. The van der Waals surface area contributed by atoms with Crippen molar-refractivity contribution in [2.24, 2.45) is 0 Å². The molecule has 1 aliphatic rings. The SMILES string of the molecule is COc1cccc(-c2cc(C(=O)N3CCC[C@H]3c3cccs3)on2)c1. The number of nitrogens with zero attached hydrogens (tertiary/aromatic N) is 2. The average molecular weight is 354 g/mol. The number of aromatic nitrogens is 1. The minimum Gasteiger partial charge on any atom is -0.497 e. The van der Waals surface area contributed by atoms with E-state index in [1.165, 1.54) is 4.88 Å². The molecule has 1 saturated heterocycles. The Morgan fingerprint density at radius 1 is 1.32 bits per heavy atom. The second-order valence-electron chi connectivity index (χ2n) is 5.98. The van der Waals surface area contributed by atoms with Gasteiger partial charge in [-0.2, -0.15) is 0 Å². The lowest BCUT2D eigenvalue weighted by atomic mass is 10.1. The molecule has 4 rings (SSSR count). The first-order valence-electron chi connectivity index (χ1n) is 8.22. The van der Waals surface area contributed by atoms with Crippen molar-refractivity contribution >= 4 is 17.2 Å². The van der Waals surface area contributed by atoms with Gasteiger partial charge in [0.2, 0.25) is 5.76 Å². The predicted molar refractivity (Wildman–Crippen MR) is 95.8 cm³/mol. The molecule has 1 amide bonds. The summed E-state index contributed by atoms with van der Waals surface area (Å²) in [5, 5.41) is 6.11. The summed E-state index contributed by atoms with van der Waals surface area (Å²) >= 11 is 1.69. The zero-order valence-corrected chi connectivity index (χ0v) is 14.7. The lowest BCUT2D eigenvalue weighted by Gasteiger charge is -2.22. The molecule has 5 nitrogen and oxygen atoms in total. The van der Waals surface area contributed by atoms with Crippen LogP contribution in [0.3, 0.4) is 0 Å². The highest BCUT2D eigenvalue weighted by Gasteiger charge is 2.33. The molecule has 3 heterocycles. The lowest BCUT2D eigenvalue weighted by molar-refractivity contribution is 0.0695. The fourth-order valence-electron chi connectivity index (χ4n) is 3.22. The van der Waals surface area contributed by atoms with Crippen LogP contribution < -0.4 is 4.74 Å². The smallest absolute Gasteiger partial charge is 0.293 e. The van der Waals surface area contributed by atoms with E-state index in [4.69, 9.17) is 9.26 Å². The van der Waals surface area contributed by atoms with E-state index < -0.39 is 0 Å². The number of thiophene rings is 1. The van der Waals surface area contributed by atoms with Gasteiger partial charge in [-0.05, 0) is 36.4 Å². The van der Waals surface area contributed by atoms with Gasteiger partial charge in [0.15, 0.2) is 0 Å². The summed E-state index contributed by atoms with van der Waals surface area (Å²) in [6.45, 7) is 0.747. The van der Waals surface area contributed by atoms with Crippen molar-refractivity contribution in [3.8, 4) is 17.0 Å². The van der Waals surface area contributed by atoms with Gasteiger partial charge >= 0.3 is 0 Å². The van der Waals surface area contributed by atoms with E-state index in [1.807, 2.05) is 40.6 Å². The van der Waals surface area contributed by atoms with Gasteiger partial charge in [-0.3, -0.25) is 4.79 Å². The van der Waals surface area contributed by atoms with Gasteiger partial charge in [0.25, 0.3) is 5.91 Å². The van der Waals surface area contributed by atoms with Crippen LogP contribution in [0.4, 0.5) is 0 Å². The monoisotopic (exact) mass is 354 g/mol. The predicted octanol–water partition coefficient (Wildman–Crippen LogP) is 4.39. The topological polar surface area (TPSA) is 55.6 Å². The first-order valence-corrected chi connectivity index (χ1v) is 9.10. The minimum atomic E-state index is -0.0995. The number of carbonyl (C=O) groups is 1. The number of hydrogen-bond donors (Lipinski definition) is 0. The Kier molecular flexibility index (Phi) is 4.28. The summed E-state index contributed by atoms with van der Waals surface area (Å²) < 4.78 is 10.6. The molecule has 0 spiro atoms. The molecule has 6 heteroatoms. The van der Waals surface area contributed by atoms with Gasteiger partial charge in [0, 0.05) is 23.1 Å². The third kappa shape index (κ3) is 3.05. The number of ether oxygens (including phenoxy) is 1. The Morgan fingerprint density at radius 2 is 2.24 bits per heavy atom. The van der Waals surface area contributed by atoms with E-state index in [-0.39, 0.29) is 17.7 Å². The number of carbonyl (C=O) groups excluding carboxylic acids is 1. The van der Waals surface area contributed by atoms with Gasteiger partial charge in [0.1, 0.15) is 11.4 Å². The molecule has 0 radical (unpaired) electrons. The van der Waals surface area contributed by atoms with Crippen LogP contribution in [-0.2, 0) is 0 Å². The largest absolute Gasteiger partial charge is 0.497 e. The number of amides is 1. The average Bonchev–Trinajstić information content (AvgIpc) is 3.41. The standard InChI is InChI=1S/C19H18N2O3S/c1-23-14-6-2-5-13(11-14)15-12-17(24-20-15)19(22)21-9-3-7-16(21)18-8-4-10-25-18/h2,4-6,8,10-12,16H,3,7,9H2,1H3/t16-/m0/s1.